The summed E-state index contributed by atoms with van der Waals surface area (Å²) in [5.74, 6) is 0. The van der Waals surface area contributed by atoms with Crippen LogP contribution in [0.15, 0.2) is 0 Å². The minimum absolute atomic E-state index is 0.329. The molecule has 0 heterocycles. The largest absolute Gasteiger partial charge is 0.378 e. The van der Waals surface area contributed by atoms with E-state index in [0.29, 0.717) is 24.1 Å². The van der Waals surface area contributed by atoms with Gasteiger partial charge in [0.1, 0.15) is 0 Å². The van der Waals surface area contributed by atoms with Crippen LogP contribution in [0.1, 0.15) is 39.0 Å². The van der Waals surface area contributed by atoms with E-state index in [1.807, 2.05) is 0 Å². The molecule has 118 valence electrons. The maximum atomic E-state index is 11.1. The number of rotatable bonds is 7. The van der Waals surface area contributed by atoms with Gasteiger partial charge in [-0.2, -0.15) is 0 Å². The molecule has 6 heteroatoms. The Bertz CT molecular complexity index is 418. The van der Waals surface area contributed by atoms with Crippen LogP contribution >= 0.6 is 0 Å². The Morgan fingerprint density at radius 3 is 2.55 bits per heavy atom. The van der Waals surface area contributed by atoms with E-state index in [-0.39, 0.29) is 0 Å². The first kappa shape index (κ1) is 16.2. The summed E-state index contributed by atoms with van der Waals surface area (Å²) in [6.45, 7) is 4.10. The third-order valence-electron chi connectivity index (χ3n) is 5.01. The van der Waals surface area contributed by atoms with E-state index in [4.69, 9.17) is 4.74 Å². The molecule has 0 aromatic rings. The molecular formula is C14H28N2O3S. The van der Waals surface area contributed by atoms with Crippen LogP contribution in [0.3, 0.4) is 0 Å². The zero-order chi connectivity index (χ0) is 14.8. The lowest BCUT2D eigenvalue weighted by Crippen LogP contribution is -2.63. The molecule has 0 aliphatic heterocycles. The molecule has 2 atom stereocenters. The van der Waals surface area contributed by atoms with Crippen LogP contribution < -0.4 is 4.72 Å². The van der Waals surface area contributed by atoms with Gasteiger partial charge in [0.15, 0.2) is 0 Å². The number of ether oxygens (including phenoxy) is 1. The Balaban J connectivity index is 1.88. The SMILES string of the molecule is CCOC1CC(N(C)CCNS(C)(=O)=O)C12CCCC2. The molecule has 1 N–H and O–H groups in total. The normalized spacial score (nSPS) is 29.0. The summed E-state index contributed by atoms with van der Waals surface area (Å²) in [7, 11) is -0.974. The van der Waals surface area contributed by atoms with Gasteiger partial charge in [0.05, 0.1) is 12.4 Å². The highest BCUT2D eigenvalue weighted by Gasteiger charge is 2.57. The van der Waals surface area contributed by atoms with Crippen LogP contribution in [0.25, 0.3) is 0 Å². The number of hydrogen-bond acceptors (Lipinski definition) is 4. The first-order valence-electron chi connectivity index (χ1n) is 7.65. The van der Waals surface area contributed by atoms with Gasteiger partial charge in [-0.25, -0.2) is 13.1 Å². The summed E-state index contributed by atoms with van der Waals surface area (Å²) < 4.78 is 30.7. The topological polar surface area (TPSA) is 58.6 Å². The zero-order valence-corrected chi connectivity index (χ0v) is 13.7. The van der Waals surface area contributed by atoms with Crippen LogP contribution in [0.2, 0.25) is 0 Å². The minimum atomic E-state index is -3.08. The molecule has 5 nitrogen and oxygen atoms in total. The molecule has 0 saturated heterocycles. The van der Waals surface area contributed by atoms with Gasteiger partial charge in [-0.3, -0.25) is 0 Å². The molecule has 2 fully saturated rings. The lowest BCUT2D eigenvalue weighted by molar-refractivity contribution is -0.160. The summed E-state index contributed by atoms with van der Waals surface area (Å²) in [6.07, 6.45) is 7.82. The molecule has 0 aromatic carbocycles. The van der Waals surface area contributed by atoms with E-state index >= 15 is 0 Å². The monoisotopic (exact) mass is 304 g/mol. The van der Waals surface area contributed by atoms with Crippen LogP contribution in [-0.2, 0) is 14.8 Å². The average molecular weight is 304 g/mol. The smallest absolute Gasteiger partial charge is 0.208 e. The quantitative estimate of drug-likeness (QED) is 0.768. The van der Waals surface area contributed by atoms with Gasteiger partial charge in [-0.1, -0.05) is 12.8 Å². The molecule has 1 spiro atoms. The van der Waals surface area contributed by atoms with Crippen molar-refractivity contribution in [3.05, 3.63) is 0 Å². The highest BCUT2D eigenvalue weighted by molar-refractivity contribution is 7.88. The molecule has 2 unspecified atom stereocenters. The van der Waals surface area contributed by atoms with Crippen molar-refractivity contribution in [2.24, 2.45) is 5.41 Å². The second-order valence-electron chi connectivity index (χ2n) is 6.28. The summed E-state index contributed by atoms with van der Waals surface area (Å²) in [4.78, 5) is 2.32. The first-order valence-corrected chi connectivity index (χ1v) is 9.54. The first-order chi connectivity index (χ1) is 9.39. The Morgan fingerprint density at radius 2 is 2.00 bits per heavy atom. The maximum absolute atomic E-state index is 11.1. The predicted molar refractivity (Wildman–Crippen MR) is 80.2 cm³/mol. The summed E-state index contributed by atoms with van der Waals surface area (Å²) in [5, 5.41) is 0. The second kappa shape index (κ2) is 6.30. The van der Waals surface area contributed by atoms with E-state index in [9.17, 15) is 8.42 Å². The van der Waals surface area contributed by atoms with Crippen LogP contribution in [0.5, 0.6) is 0 Å². The second-order valence-corrected chi connectivity index (χ2v) is 8.12. The van der Waals surface area contributed by atoms with Crippen LogP contribution in [-0.4, -0.2) is 58.5 Å². The molecule has 0 amide bonds. The van der Waals surface area contributed by atoms with Crippen molar-refractivity contribution in [2.45, 2.75) is 51.2 Å². The van der Waals surface area contributed by atoms with Crippen molar-refractivity contribution in [2.75, 3.05) is 33.0 Å². The summed E-state index contributed by atoms with van der Waals surface area (Å²) in [6, 6.07) is 0.544. The summed E-state index contributed by atoms with van der Waals surface area (Å²) in [5.41, 5.74) is 0.329. The van der Waals surface area contributed by atoms with Crippen LogP contribution in [0, 0.1) is 5.41 Å². The molecule has 2 aliphatic rings. The molecule has 0 bridgehead atoms. The molecule has 20 heavy (non-hydrogen) atoms. The number of nitrogens with one attached hydrogen (secondary N) is 1. The van der Waals surface area contributed by atoms with Crippen LogP contribution in [0.4, 0.5) is 0 Å². The number of hydrogen-bond donors (Lipinski definition) is 1. The Labute approximate surface area is 123 Å². The van der Waals surface area contributed by atoms with Gasteiger partial charge in [-0.05, 0) is 33.2 Å². The number of nitrogens with zero attached hydrogens (tertiary/aromatic N) is 1. The Hall–Kier alpha value is -0.170. The van der Waals surface area contributed by atoms with Crippen molar-refractivity contribution in [1.82, 2.24) is 9.62 Å². The molecule has 2 rings (SSSR count). The fourth-order valence-corrected chi connectivity index (χ4v) is 4.49. The minimum Gasteiger partial charge on any atom is -0.378 e. The molecule has 0 radical (unpaired) electrons. The molecule has 0 aromatic heterocycles. The lowest BCUT2D eigenvalue weighted by Gasteiger charge is -2.57. The number of sulfonamides is 1. The standard InChI is InChI=1S/C14H28N2O3S/c1-4-19-13-11-12(14(13)7-5-6-8-14)16(2)10-9-15-20(3,17)18/h12-13,15H,4-11H2,1-3H3. The highest BCUT2D eigenvalue weighted by atomic mass is 32.2. The van der Waals surface area contributed by atoms with Crippen molar-refractivity contribution >= 4 is 10.0 Å². The highest BCUT2D eigenvalue weighted by Crippen LogP contribution is 2.56. The fourth-order valence-electron chi connectivity index (χ4n) is 4.03. The third-order valence-corrected chi connectivity index (χ3v) is 5.73. The van der Waals surface area contributed by atoms with Crippen molar-refractivity contribution in [1.29, 1.82) is 0 Å². The van der Waals surface area contributed by atoms with Crippen molar-refractivity contribution < 1.29 is 13.2 Å². The van der Waals surface area contributed by atoms with E-state index in [2.05, 4.69) is 23.6 Å². The van der Waals surface area contributed by atoms with E-state index in [1.54, 1.807) is 0 Å². The maximum Gasteiger partial charge on any atom is 0.208 e. The van der Waals surface area contributed by atoms with E-state index < -0.39 is 10.0 Å². The zero-order valence-electron chi connectivity index (χ0n) is 12.9. The van der Waals surface area contributed by atoms with E-state index in [1.165, 1.54) is 31.9 Å². The lowest BCUT2D eigenvalue weighted by atomic mass is 9.60. The third kappa shape index (κ3) is 3.35. The van der Waals surface area contributed by atoms with Gasteiger partial charge >= 0.3 is 0 Å². The van der Waals surface area contributed by atoms with Gasteiger partial charge in [0.25, 0.3) is 0 Å². The average Bonchev–Trinajstić information content (AvgIpc) is 2.84. The fraction of sp³-hybridized carbons (Fsp3) is 1.00. The predicted octanol–water partition coefficient (Wildman–Crippen LogP) is 1.21. The van der Waals surface area contributed by atoms with Gasteiger partial charge < -0.3 is 9.64 Å². The van der Waals surface area contributed by atoms with Crippen molar-refractivity contribution in [3.63, 3.8) is 0 Å². The molecular weight excluding hydrogens is 276 g/mol. The van der Waals surface area contributed by atoms with Crippen molar-refractivity contribution in [3.8, 4) is 0 Å². The molecule has 2 aliphatic carbocycles. The number of likely N-dealkylation sites (N-methyl/N-ethyl adjacent to an activating group) is 1. The van der Waals surface area contributed by atoms with Gasteiger partial charge in [0, 0.05) is 31.2 Å². The summed E-state index contributed by atoms with van der Waals surface area (Å²) >= 11 is 0. The molecule has 2 saturated carbocycles. The Morgan fingerprint density at radius 1 is 1.35 bits per heavy atom. The Kier molecular flexibility index (Phi) is 5.10. The van der Waals surface area contributed by atoms with Gasteiger partial charge in [-0.15, -0.1) is 0 Å². The van der Waals surface area contributed by atoms with E-state index in [0.717, 1.165) is 19.6 Å². The van der Waals surface area contributed by atoms with Gasteiger partial charge in [0.2, 0.25) is 10.0 Å².